The van der Waals surface area contributed by atoms with E-state index in [0.29, 0.717) is 6.54 Å². The van der Waals surface area contributed by atoms with Gasteiger partial charge in [-0.25, -0.2) is 4.99 Å². The topological polar surface area (TPSA) is 52.1 Å². The SMILES string of the molecule is CCNC(=NCc1ccc(OC)cc1)NCc1ccccc1CN1CCN(CC)CC1. The smallest absolute Gasteiger partial charge is 0.191 e. The highest BCUT2D eigenvalue weighted by Gasteiger charge is 2.16. The molecule has 1 heterocycles. The number of guanidine groups is 1. The number of ether oxygens (including phenoxy) is 1. The van der Waals surface area contributed by atoms with Crippen LogP contribution in [0.5, 0.6) is 5.75 Å². The molecule has 2 aromatic rings. The van der Waals surface area contributed by atoms with Crippen LogP contribution >= 0.6 is 0 Å². The van der Waals surface area contributed by atoms with Crippen LogP contribution in [0.3, 0.4) is 0 Å². The minimum atomic E-state index is 0.628. The van der Waals surface area contributed by atoms with Gasteiger partial charge in [-0.05, 0) is 42.3 Å². The second-order valence-electron chi connectivity index (χ2n) is 7.88. The average molecular weight is 424 g/mol. The highest BCUT2D eigenvalue weighted by molar-refractivity contribution is 5.79. The normalized spacial score (nSPS) is 15.6. The quantitative estimate of drug-likeness (QED) is 0.480. The maximum absolute atomic E-state index is 5.23. The first kappa shape index (κ1) is 23.1. The fraction of sp³-hybridized carbons (Fsp3) is 0.480. The van der Waals surface area contributed by atoms with Crippen LogP contribution in [0.15, 0.2) is 53.5 Å². The summed E-state index contributed by atoms with van der Waals surface area (Å²) in [5.74, 6) is 1.70. The van der Waals surface area contributed by atoms with Gasteiger partial charge in [0.1, 0.15) is 5.75 Å². The molecule has 0 saturated carbocycles. The molecule has 6 nitrogen and oxygen atoms in total. The van der Waals surface area contributed by atoms with Gasteiger partial charge in [0, 0.05) is 45.8 Å². The van der Waals surface area contributed by atoms with Crippen molar-refractivity contribution < 1.29 is 4.74 Å². The molecule has 1 saturated heterocycles. The lowest BCUT2D eigenvalue weighted by molar-refractivity contribution is 0.131. The predicted molar refractivity (Wildman–Crippen MR) is 128 cm³/mol. The van der Waals surface area contributed by atoms with E-state index in [2.05, 4.69) is 70.7 Å². The molecular formula is C25H37N5O. The Kier molecular flexibility index (Phi) is 9.18. The van der Waals surface area contributed by atoms with Crippen LogP contribution in [0.1, 0.15) is 30.5 Å². The van der Waals surface area contributed by atoms with Crippen molar-refractivity contribution in [1.82, 2.24) is 20.4 Å². The van der Waals surface area contributed by atoms with Crippen LogP contribution in [0.25, 0.3) is 0 Å². The van der Waals surface area contributed by atoms with Gasteiger partial charge in [-0.1, -0.05) is 43.3 Å². The number of rotatable bonds is 9. The van der Waals surface area contributed by atoms with Gasteiger partial charge in [0.15, 0.2) is 5.96 Å². The first-order valence-electron chi connectivity index (χ1n) is 11.4. The summed E-state index contributed by atoms with van der Waals surface area (Å²) in [6.07, 6.45) is 0. The monoisotopic (exact) mass is 423 g/mol. The number of methoxy groups -OCH3 is 1. The average Bonchev–Trinajstić information content (AvgIpc) is 2.82. The Hall–Kier alpha value is -2.57. The summed E-state index contributed by atoms with van der Waals surface area (Å²) in [5, 5.41) is 6.87. The Morgan fingerprint density at radius 3 is 2.23 bits per heavy atom. The van der Waals surface area contributed by atoms with Gasteiger partial charge in [-0.3, -0.25) is 4.90 Å². The lowest BCUT2D eigenvalue weighted by atomic mass is 10.1. The van der Waals surface area contributed by atoms with E-state index in [-0.39, 0.29) is 0 Å². The largest absolute Gasteiger partial charge is 0.497 e. The molecule has 1 fully saturated rings. The summed E-state index contributed by atoms with van der Waals surface area (Å²) in [5.41, 5.74) is 3.88. The molecule has 6 heteroatoms. The number of aliphatic imine (C=N–C) groups is 1. The van der Waals surface area contributed by atoms with Crippen molar-refractivity contribution in [3.8, 4) is 5.75 Å². The molecule has 0 aromatic heterocycles. The lowest BCUT2D eigenvalue weighted by Gasteiger charge is -2.34. The van der Waals surface area contributed by atoms with Gasteiger partial charge in [0.25, 0.3) is 0 Å². The zero-order valence-corrected chi connectivity index (χ0v) is 19.2. The van der Waals surface area contributed by atoms with Crippen molar-refractivity contribution in [2.75, 3.05) is 46.4 Å². The minimum Gasteiger partial charge on any atom is -0.497 e. The first-order chi connectivity index (χ1) is 15.2. The van der Waals surface area contributed by atoms with Gasteiger partial charge in [-0.2, -0.15) is 0 Å². The molecule has 168 valence electrons. The molecule has 1 aliphatic rings. The summed E-state index contributed by atoms with van der Waals surface area (Å²) < 4.78 is 5.23. The van der Waals surface area contributed by atoms with E-state index >= 15 is 0 Å². The van der Waals surface area contributed by atoms with Gasteiger partial charge in [0.05, 0.1) is 13.7 Å². The molecule has 0 bridgehead atoms. The molecule has 2 aromatic carbocycles. The summed E-state index contributed by atoms with van der Waals surface area (Å²) in [4.78, 5) is 9.84. The fourth-order valence-corrected chi connectivity index (χ4v) is 3.81. The van der Waals surface area contributed by atoms with E-state index < -0.39 is 0 Å². The zero-order valence-electron chi connectivity index (χ0n) is 19.2. The van der Waals surface area contributed by atoms with Gasteiger partial charge < -0.3 is 20.3 Å². The molecule has 31 heavy (non-hydrogen) atoms. The van der Waals surface area contributed by atoms with E-state index in [9.17, 15) is 0 Å². The highest BCUT2D eigenvalue weighted by atomic mass is 16.5. The first-order valence-corrected chi connectivity index (χ1v) is 11.4. The van der Waals surface area contributed by atoms with Crippen LogP contribution in [0.2, 0.25) is 0 Å². The molecule has 0 aliphatic carbocycles. The van der Waals surface area contributed by atoms with Gasteiger partial charge >= 0.3 is 0 Å². The summed E-state index contributed by atoms with van der Waals surface area (Å²) in [7, 11) is 1.68. The molecular weight excluding hydrogens is 386 g/mol. The van der Waals surface area contributed by atoms with Crippen LogP contribution in [-0.4, -0.2) is 62.1 Å². The third-order valence-electron chi connectivity index (χ3n) is 5.79. The molecule has 0 radical (unpaired) electrons. The number of nitrogens with one attached hydrogen (secondary N) is 2. The van der Waals surface area contributed by atoms with Crippen LogP contribution < -0.4 is 15.4 Å². The molecule has 2 N–H and O–H groups in total. The number of piperazine rings is 1. The van der Waals surface area contributed by atoms with Crippen molar-refractivity contribution in [2.24, 2.45) is 4.99 Å². The lowest BCUT2D eigenvalue weighted by Crippen LogP contribution is -2.45. The summed E-state index contributed by atoms with van der Waals surface area (Å²) in [6.45, 7) is 13.3. The maximum atomic E-state index is 5.23. The van der Waals surface area contributed by atoms with Gasteiger partial charge in [0.2, 0.25) is 0 Å². The molecule has 0 unspecified atom stereocenters. The molecule has 0 atom stereocenters. The van der Waals surface area contributed by atoms with E-state index in [4.69, 9.17) is 9.73 Å². The molecule has 0 spiro atoms. The van der Waals surface area contributed by atoms with E-state index in [1.165, 1.54) is 24.2 Å². The fourth-order valence-electron chi connectivity index (χ4n) is 3.81. The van der Waals surface area contributed by atoms with Crippen molar-refractivity contribution >= 4 is 5.96 Å². The molecule has 3 rings (SSSR count). The Bertz CT molecular complexity index is 813. The van der Waals surface area contributed by atoms with Crippen molar-refractivity contribution in [3.05, 3.63) is 65.2 Å². The third-order valence-corrected chi connectivity index (χ3v) is 5.79. The second-order valence-corrected chi connectivity index (χ2v) is 7.88. The Balaban J connectivity index is 1.58. The Morgan fingerprint density at radius 2 is 1.58 bits per heavy atom. The Labute approximate surface area is 187 Å². The maximum Gasteiger partial charge on any atom is 0.191 e. The van der Waals surface area contributed by atoms with Crippen molar-refractivity contribution in [1.29, 1.82) is 0 Å². The third kappa shape index (κ3) is 7.26. The van der Waals surface area contributed by atoms with E-state index in [0.717, 1.165) is 56.5 Å². The van der Waals surface area contributed by atoms with Crippen LogP contribution in [0, 0.1) is 0 Å². The number of benzene rings is 2. The van der Waals surface area contributed by atoms with Crippen LogP contribution in [0.4, 0.5) is 0 Å². The highest BCUT2D eigenvalue weighted by Crippen LogP contribution is 2.14. The molecule has 1 aliphatic heterocycles. The minimum absolute atomic E-state index is 0.628. The van der Waals surface area contributed by atoms with E-state index in [1.807, 2.05) is 12.1 Å². The van der Waals surface area contributed by atoms with Crippen molar-refractivity contribution in [2.45, 2.75) is 33.5 Å². The zero-order chi connectivity index (χ0) is 21.9. The van der Waals surface area contributed by atoms with Crippen molar-refractivity contribution in [3.63, 3.8) is 0 Å². The number of likely N-dealkylation sites (N-methyl/N-ethyl adjacent to an activating group) is 1. The second kappa shape index (κ2) is 12.3. The summed E-state index contributed by atoms with van der Waals surface area (Å²) in [6, 6.07) is 16.8. The predicted octanol–water partition coefficient (Wildman–Crippen LogP) is 3.09. The van der Waals surface area contributed by atoms with Gasteiger partial charge in [-0.15, -0.1) is 0 Å². The Morgan fingerprint density at radius 1 is 0.903 bits per heavy atom. The van der Waals surface area contributed by atoms with Crippen LogP contribution in [-0.2, 0) is 19.6 Å². The number of hydrogen-bond acceptors (Lipinski definition) is 4. The standard InChI is InChI=1S/C25H37N5O/c1-4-26-25(27-18-21-10-12-24(31-3)13-11-21)28-19-22-8-6-7-9-23(22)20-30-16-14-29(5-2)15-17-30/h6-13H,4-5,14-20H2,1-3H3,(H2,26,27,28). The molecule has 0 amide bonds. The number of hydrogen-bond donors (Lipinski definition) is 2. The number of nitrogens with zero attached hydrogens (tertiary/aromatic N) is 3. The van der Waals surface area contributed by atoms with E-state index in [1.54, 1.807) is 7.11 Å². The summed E-state index contributed by atoms with van der Waals surface area (Å²) >= 11 is 0.